The summed E-state index contributed by atoms with van der Waals surface area (Å²) in [6.45, 7) is 1.55. The fraction of sp³-hybridized carbons (Fsp3) is 0.571. The van der Waals surface area contributed by atoms with E-state index in [4.69, 9.17) is 0 Å². The second-order valence-corrected chi connectivity index (χ2v) is 5.20. The summed E-state index contributed by atoms with van der Waals surface area (Å²) in [6.07, 6.45) is 10.2. The van der Waals surface area contributed by atoms with E-state index in [1.807, 2.05) is 6.20 Å². The van der Waals surface area contributed by atoms with Crippen molar-refractivity contribution in [1.29, 1.82) is 0 Å². The number of hydrogen-bond acceptors (Lipinski definition) is 3. The monoisotopic (exact) mass is 246 g/mol. The van der Waals surface area contributed by atoms with Crippen molar-refractivity contribution in [2.75, 3.05) is 13.1 Å². The Morgan fingerprint density at radius 1 is 1.17 bits per heavy atom. The normalized spacial score (nSPS) is 28.2. The highest BCUT2D eigenvalue weighted by molar-refractivity contribution is 6.00. The lowest BCUT2D eigenvalue weighted by atomic mass is 9.96. The number of fused-ring (bicyclic) bond motifs is 1. The molecule has 1 fully saturated rings. The fourth-order valence-electron chi connectivity index (χ4n) is 2.92. The van der Waals surface area contributed by atoms with E-state index in [0.717, 1.165) is 25.8 Å². The van der Waals surface area contributed by atoms with Gasteiger partial charge in [-0.05, 0) is 19.3 Å². The van der Waals surface area contributed by atoms with Crippen molar-refractivity contribution in [3.63, 3.8) is 0 Å². The summed E-state index contributed by atoms with van der Waals surface area (Å²) in [5, 5.41) is 0. The number of carbonyl (C=O) groups excluding carboxylic acids is 2. The zero-order chi connectivity index (χ0) is 12.5. The molecule has 1 atom stereocenters. The lowest BCUT2D eigenvalue weighted by molar-refractivity contribution is -0.134. The molecule has 0 N–H and O–H groups in total. The van der Waals surface area contributed by atoms with Crippen LogP contribution in [0.15, 0.2) is 24.0 Å². The van der Waals surface area contributed by atoms with Gasteiger partial charge in [-0.3, -0.25) is 9.59 Å². The topological polar surface area (TPSA) is 40.6 Å². The molecule has 96 valence electrons. The van der Waals surface area contributed by atoms with E-state index in [9.17, 15) is 9.59 Å². The van der Waals surface area contributed by atoms with Gasteiger partial charge in [0.05, 0.1) is 0 Å². The Morgan fingerprint density at radius 2 is 2.06 bits per heavy atom. The lowest BCUT2D eigenvalue weighted by Gasteiger charge is -2.39. The molecule has 0 bridgehead atoms. The maximum atomic E-state index is 12.2. The number of likely N-dealkylation sites (tertiary alicyclic amines) is 1. The van der Waals surface area contributed by atoms with Crippen LogP contribution in [0, 0.1) is 0 Å². The van der Waals surface area contributed by atoms with Crippen molar-refractivity contribution < 1.29 is 9.59 Å². The van der Waals surface area contributed by atoms with Gasteiger partial charge in [0.1, 0.15) is 5.70 Å². The van der Waals surface area contributed by atoms with E-state index in [-0.39, 0.29) is 11.7 Å². The Kier molecular flexibility index (Phi) is 2.94. The molecule has 1 unspecified atom stereocenters. The van der Waals surface area contributed by atoms with Crippen molar-refractivity contribution in [2.24, 2.45) is 0 Å². The zero-order valence-corrected chi connectivity index (χ0v) is 10.5. The van der Waals surface area contributed by atoms with Crippen molar-refractivity contribution in [2.45, 2.75) is 38.1 Å². The molecular formula is C14H18N2O2. The fourth-order valence-corrected chi connectivity index (χ4v) is 2.92. The molecule has 1 amide bonds. The second-order valence-electron chi connectivity index (χ2n) is 5.20. The predicted octanol–water partition coefficient (Wildman–Crippen LogP) is 1.44. The standard InChI is InChI=1S/C14H18N2O2/c17-13-9-11-5-1-3-7-15(11)10-12(13)16-8-4-2-6-14(16)18/h1,3,10-11H,2,4-9H2. The average molecular weight is 246 g/mol. The molecule has 3 aliphatic heterocycles. The molecule has 0 aliphatic carbocycles. The Balaban J connectivity index is 1.86. The summed E-state index contributed by atoms with van der Waals surface area (Å²) in [7, 11) is 0. The minimum absolute atomic E-state index is 0.104. The number of amides is 1. The highest BCUT2D eigenvalue weighted by atomic mass is 16.2. The van der Waals surface area contributed by atoms with Crippen molar-refractivity contribution in [3.8, 4) is 0 Å². The van der Waals surface area contributed by atoms with Crippen LogP contribution in [0.3, 0.4) is 0 Å². The molecule has 0 aromatic rings. The third-order valence-corrected chi connectivity index (χ3v) is 3.97. The lowest BCUT2D eigenvalue weighted by Crippen LogP contribution is -2.45. The number of nitrogens with zero attached hydrogens (tertiary/aromatic N) is 2. The predicted molar refractivity (Wildman–Crippen MR) is 67.5 cm³/mol. The van der Waals surface area contributed by atoms with Crippen LogP contribution in [0.2, 0.25) is 0 Å². The van der Waals surface area contributed by atoms with Crippen molar-refractivity contribution in [3.05, 3.63) is 24.0 Å². The number of hydrogen-bond donors (Lipinski definition) is 0. The van der Waals surface area contributed by atoms with Crippen LogP contribution in [-0.2, 0) is 9.59 Å². The molecule has 4 nitrogen and oxygen atoms in total. The van der Waals surface area contributed by atoms with Crippen LogP contribution < -0.4 is 0 Å². The number of allylic oxidation sites excluding steroid dienone is 1. The first-order valence-electron chi connectivity index (χ1n) is 6.72. The first kappa shape index (κ1) is 11.5. The first-order chi connectivity index (χ1) is 8.75. The molecule has 3 rings (SSSR count). The smallest absolute Gasteiger partial charge is 0.227 e. The maximum absolute atomic E-state index is 12.2. The number of Topliss-reactive ketones (excluding diaryl/α,β-unsaturated/α-hetero) is 1. The number of rotatable bonds is 1. The van der Waals surface area contributed by atoms with Gasteiger partial charge in [-0.2, -0.15) is 0 Å². The SMILES string of the molecule is O=C1CC2CC=CCN2C=C1N1CCCCC1=O. The van der Waals surface area contributed by atoms with Crippen LogP contribution in [0.25, 0.3) is 0 Å². The highest BCUT2D eigenvalue weighted by Gasteiger charge is 2.33. The van der Waals surface area contributed by atoms with Crippen LogP contribution >= 0.6 is 0 Å². The highest BCUT2D eigenvalue weighted by Crippen LogP contribution is 2.27. The number of ketones is 1. The van der Waals surface area contributed by atoms with E-state index >= 15 is 0 Å². The Hall–Kier alpha value is -1.58. The molecule has 0 radical (unpaired) electrons. The Labute approximate surface area is 107 Å². The summed E-state index contributed by atoms with van der Waals surface area (Å²) in [4.78, 5) is 28.0. The van der Waals surface area contributed by atoms with Crippen molar-refractivity contribution in [1.82, 2.24) is 9.80 Å². The van der Waals surface area contributed by atoms with Crippen molar-refractivity contribution >= 4 is 11.7 Å². The van der Waals surface area contributed by atoms with Gasteiger partial charge < -0.3 is 9.80 Å². The second kappa shape index (κ2) is 4.59. The molecule has 4 heteroatoms. The van der Waals surface area contributed by atoms with Gasteiger partial charge in [0.15, 0.2) is 5.78 Å². The molecule has 0 spiro atoms. The summed E-state index contributed by atoms with van der Waals surface area (Å²) in [5.41, 5.74) is 0.617. The summed E-state index contributed by atoms with van der Waals surface area (Å²) in [6, 6.07) is 0.297. The minimum Gasteiger partial charge on any atom is -0.368 e. The minimum atomic E-state index is 0.104. The molecule has 0 aromatic carbocycles. The number of carbonyl (C=O) groups is 2. The summed E-state index contributed by atoms with van der Waals surface area (Å²) >= 11 is 0. The van der Waals surface area contributed by atoms with Gasteiger partial charge in [-0.15, -0.1) is 0 Å². The van der Waals surface area contributed by atoms with E-state index in [0.29, 0.717) is 31.1 Å². The van der Waals surface area contributed by atoms with Crippen LogP contribution in [-0.4, -0.2) is 40.6 Å². The number of piperidine rings is 1. The summed E-state index contributed by atoms with van der Waals surface area (Å²) in [5.74, 6) is 0.230. The first-order valence-corrected chi connectivity index (χ1v) is 6.72. The van der Waals surface area contributed by atoms with Gasteiger partial charge >= 0.3 is 0 Å². The van der Waals surface area contributed by atoms with Crippen LogP contribution in [0.1, 0.15) is 32.1 Å². The molecule has 3 aliphatic rings. The Bertz CT molecular complexity index is 439. The largest absolute Gasteiger partial charge is 0.368 e. The van der Waals surface area contributed by atoms with Gasteiger partial charge in [-0.25, -0.2) is 0 Å². The molecule has 18 heavy (non-hydrogen) atoms. The van der Waals surface area contributed by atoms with E-state index in [1.54, 1.807) is 4.90 Å². The zero-order valence-electron chi connectivity index (χ0n) is 10.5. The quantitative estimate of drug-likeness (QED) is 0.657. The molecule has 0 aromatic heterocycles. The van der Waals surface area contributed by atoms with E-state index < -0.39 is 0 Å². The molecule has 1 saturated heterocycles. The summed E-state index contributed by atoms with van der Waals surface area (Å²) < 4.78 is 0. The van der Waals surface area contributed by atoms with E-state index in [1.165, 1.54) is 0 Å². The molecule has 3 heterocycles. The van der Waals surface area contributed by atoms with Gasteiger partial charge in [0, 0.05) is 38.2 Å². The van der Waals surface area contributed by atoms with Crippen LogP contribution in [0.4, 0.5) is 0 Å². The molecular weight excluding hydrogens is 228 g/mol. The van der Waals surface area contributed by atoms with Gasteiger partial charge in [0.25, 0.3) is 0 Å². The van der Waals surface area contributed by atoms with Crippen LogP contribution in [0.5, 0.6) is 0 Å². The van der Waals surface area contributed by atoms with E-state index in [2.05, 4.69) is 17.1 Å². The third kappa shape index (κ3) is 1.96. The van der Waals surface area contributed by atoms with Gasteiger partial charge in [-0.1, -0.05) is 12.2 Å². The Morgan fingerprint density at radius 3 is 2.89 bits per heavy atom. The maximum Gasteiger partial charge on any atom is 0.227 e. The average Bonchev–Trinajstić information content (AvgIpc) is 2.39. The van der Waals surface area contributed by atoms with Gasteiger partial charge in [0.2, 0.25) is 5.91 Å². The molecule has 0 saturated carbocycles. The third-order valence-electron chi connectivity index (χ3n) is 3.97.